The van der Waals surface area contributed by atoms with Gasteiger partial charge >= 0.3 is 6.18 Å². The van der Waals surface area contributed by atoms with Crippen molar-refractivity contribution in [1.82, 2.24) is 14.5 Å². The molecule has 2 aliphatic rings. The van der Waals surface area contributed by atoms with E-state index < -0.39 is 35.8 Å². The minimum Gasteiger partial charge on any atom is -0.454 e. The molecule has 2 amide bonds. The van der Waals surface area contributed by atoms with Gasteiger partial charge in [0.1, 0.15) is 0 Å². The number of likely N-dealkylation sites (tertiary alicyclic amines) is 1. The number of amides is 2. The number of nitrogens with one attached hydrogen (secondary N) is 1. The zero-order chi connectivity index (χ0) is 23.8. The number of piperidine rings is 1. The van der Waals surface area contributed by atoms with Gasteiger partial charge in [-0.25, -0.2) is 4.98 Å². The third kappa shape index (κ3) is 4.47. The highest BCUT2D eigenvalue weighted by atomic mass is 19.4. The second-order valence-corrected chi connectivity index (χ2v) is 8.11. The fraction of sp³-hybridized carbons (Fsp3) is 0.476. The Morgan fingerprint density at radius 2 is 1.91 bits per heavy atom. The highest BCUT2D eigenvalue weighted by Gasteiger charge is 2.59. The average molecular weight is 468 g/mol. The second-order valence-electron chi connectivity index (χ2n) is 8.11. The molecule has 1 saturated heterocycles. The topological polar surface area (TPSA) is 106 Å². The molecule has 33 heavy (non-hydrogen) atoms. The van der Waals surface area contributed by atoms with Crippen LogP contribution in [0.4, 0.5) is 18.9 Å². The Bertz CT molecular complexity index is 1050. The molecule has 1 fully saturated rings. The number of nitrogens with zero attached hydrogens (tertiary/aromatic N) is 3. The molecular weight excluding hydrogens is 445 g/mol. The first-order chi connectivity index (χ1) is 15.6. The Labute approximate surface area is 187 Å². The number of alkyl halides is 3. The van der Waals surface area contributed by atoms with Gasteiger partial charge in [0.05, 0.1) is 6.42 Å². The molecule has 1 aromatic carbocycles. The minimum absolute atomic E-state index is 0.104. The fourth-order valence-corrected chi connectivity index (χ4v) is 4.01. The standard InChI is InChI=1S/C21H23F3N4O5/c1-27-9-6-25-19(27)20(31,21(22,23)24)11-17(29)28-7-4-13(5-8-28)18(30)26-14-2-3-15-16(10-14)33-12-32-15/h2-3,6,9-10,13,31H,4-5,7-8,11-12H2,1H3,(H,26,30). The van der Waals surface area contributed by atoms with Gasteiger partial charge in [0.25, 0.3) is 0 Å². The number of aryl methyl sites for hydroxylation is 1. The SMILES string of the molecule is Cn1ccnc1C(O)(CC(=O)N1CCC(C(=O)Nc2ccc3c(c2)OCO3)CC1)C(F)(F)F. The van der Waals surface area contributed by atoms with E-state index >= 15 is 0 Å². The molecule has 1 aromatic heterocycles. The summed E-state index contributed by atoms with van der Waals surface area (Å²) in [6.45, 7) is 0.321. The van der Waals surface area contributed by atoms with Crippen molar-refractivity contribution in [3.05, 3.63) is 36.4 Å². The van der Waals surface area contributed by atoms with E-state index in [9.17, 15) is 27.9 Å². The maximum absolute atomic E-state index is 13.7. The molecule has 3 heterocycles. The van der Waals surface area contributed by atoms with Crippen LogP contribution in [0.2, 0.25) is 0 Å². The number of hydrogen-bond donors (Lipinski definition) is 2. The summed E-state index contributed by atoms with van der Waals surface area (Å²) in [6.07, 6.45) is -3.31. The molecule has 178 valence electrons. The van der Waals surface area contributed by atoms with Crippen molar-refractivity contribution in [2.75, 3.05) is 25.2 Å². The molecule has 0 spiro atoms. The van der Waals surface area contributed by atoms with Crippen molar-refractivity contribution < 1.29 is 37.3 Å². The number of anilines is 1. The summed E-state index contributed by atoms with van der Waals surface area (Å²) >= 11 is 0. The van der Waals surface area contributed by atoms with Crippen molar-refractivity contribution in [1.29, 1.82) is 0 Å². The predicted octanol–water partition coefficient (Wildman–Crippen LogP) is 2.17. The number of aromatic nitrogens is 2. The van der Waals surface area contributed by atoms with Crippen LogP contribution >= 0.6 is 0 Å². The quantitative estimate of drug-likeness (QED) is 0.697. The lowest BCUT2D eigenvalue weighted by atomic mass is 9.93. The number of halogens is 3. The summed E-state index contributed by atoms with van der Waals surface area (Å²) in [6, 6.07) is 5.01. The van der Waals surface area contributed by atoms with E-state index in [1.807, 2.05) is 0 Å². The molecule has 4 rings (SSSR count). The average Bonchev–Trinajstić information content (AvgIpc) is 3.41. The van der Waals surface area contributed by atoms with Crippen LogP contribution in [-0.2, 0) is 22.2 Å². The van der Waals surface area contributed by atoms with Gasteiger partial charge in [-0.3, -0.25) is 9.59 Å². The second kappa shape index (κ2) is 8.58. The first-order valence-corrected chi connectivity index (χ1v) is 10.3. The highest BCUT2D eigenvalue weighted by Crippen LogP contribution is 2.41. The molecule has 0 saturated carbocycles. The molecule has 0 radical (unpaired) electrons. The number of benzene rings is 1. The monoisotopic (exact) mass is 468 g/mol. The number of carbonyl (C=O) groups is 2. The van der Waals surface area contributed by atoms with E-state index in [2.05, 4.69) is 10.3 Å². The van der Waals surface area contributed by atoms with Gasteiger partial charge in [0, 0.05) is 50.2 Å². The summed E-state index contributed by atoms with van der Waals surface area (Å²) in [5, 5.41) is 13.2. The lowest BCUT2D eigenvalue weighted by Gasteiger charge is -2.35. The Hall–Kier alpha value is -3.28. The maximum Gasteiger partial charge on any atom is 0.425 e. The van der Waals surface area contributed by atoms with Crippen LogP contribution in [0.15, 0.2) is 30.6 Å². The Morgan fingerprint density at radius 1 is 1.21 bits per heavy atom. The molecule has 2 N–H and O–H groups in total. The number of ether oxygens (including phenoxy) is 2. The number of rotatable bonds is 5. The smallest absolute Gasteiger partial charge is 0.425 e. The Morgan fingerprint density at radius 3 is 2.55 bits per heavy atom. The zero-order valence-electron chi connectivity index (χ0n) is 17.8. The van der Waals surface area contributed by atoms with Crippen molar-refractivity contribution >= 4 is 17.5 Å². The van der Waals surface area contributed by atoms with E-state index in [1.54, 1.807) is 18.2 Å². The van der Waals surface area contributed by atoms with Crippen LogP contribution in [0, 0.1) is 5.92 Å². The van der Waals surface area contributed by atoms with Crippen LogP contribution in [0.5, 0.6) is 11.5 Å². The van der Waals surface area contributed by atoms with Crippen molar-refractivity contribution in [2.24, 2.45) is 13.0 Å². The molecule has 9 nitrogen and oxygen atoms in total. The lowest BCUT2D eigenvalue weighted by molar-refractivity contribution is -0.272. The van der Waals surface area contributed by atoms with E-state index in [1.165, 1.54) is 18.1 Å². The fourth-order valence-electron chi connectivity index (χ4n) is 4.01. The van der Waals surface area contributed by atoms with Crippen molar-refractivity contribution in [3.63, 3.8) is 0 Å². The Balaban J connectivity index is 1.35. The van der Waals surface area contributed by atoms with Crippen LogP contribution in [0.25, 0.3) is 0 Å². The van der Waals surface area contributed by atoms with E-state index in [4.69, 9.17) is 9.47 Å². The van der Waals surface area contributed by atoms with Crippen LogP contribution in [0.1, 0.15) is 25.1 Å². The summed E-state index contributed by atoms with van der Waals surface area (Å²) in [4.78, 5) is 30.1. The molecule has 1 atom stereocenters. The number of hydrogen-bond acceptors (Lipinski definition) is 6. The molecule has 2 aromatic rings. The Kier molecular flexibility index (Phi) is 5.95. The van der Waals surface area contributed by atoms with Gasteiger partial charge in [-0.15, -0.1) is 0 Å². The normalized spacial score (nSPS) is 18.2. The van der Waals surface area contributed by atoms with Gasteiger partial charge < -0.3 is 29.4 Å². The number of carbonyl (C=O) groups excluding carboxylic acids is 2. The summed E-state index contributed by atoms with van der Waals surface area (Å²) < 4.78 is 52.6. The summed E-state index contributed by atoms with van der Waals surface area (Å²) in [5.74, 6) is -1.05. The molecule has 0 bridgehead atoms. The van der Waals surface area contributed by atoms with E-state index in [0.29, 0.717) is 17.2 Å². The molecule has 0 aliphatic carbocycles. The molecule has 1 unspecified atom stereocenters. The lowest BCUT2D eigenvalue weighted by Crippen LogP contribution is -2.50. The summed E-state index contributed by atoms with van der Waals surface area (Å²) in [7, 11) is 1.31. The van der Waals surface area contributed by atoms with E-state index in [-0.39, 0.29) is 38.6 Å². The first kappa shape index (κ1) is 22.9. The number of imidazole rings is 1. The van der Waals surface area contributed by atoms with Gasteiger partial charge in [0.2, 0.25) is 24.2 Å². The highest BCUT2D eigenvalue weighted by molar-refractivity contribution is 5.93. The van der Waals surface area contributed by atoms with Gasteiger partial charge in [0.15, 0.2) is 17.3 Å². The van der Waals surface area contributed by atoms with Crippen LogP contribution in [0.3, 0.4) is 0 Å². The predicted molar refractivity (Wildman–Crippen MR) is 108 cm³/mol. The van der Waals surface area contributed by atoms with Crippen molar-refractivity contribution in [3.8, 4) is 11.5 Å². The third-order valence-corrected chi connectivity index (χ3v) is 5.93. The van der Waals surface area contributed by atoms with Gasteiger partial charge in [-0.05, 0) is 25.0 Å². The van der Waals surface area contributed by atoms with Gasteiger partial charge in [-0.2, -0.15) is 13.2 Å². The molecule has 12 heteroatoms. The first-order valence-electron chi connectivity index (χ1n) is 10.3. The third-order valence-electron chi connectivity index (χ3n) is 5.93. The van der Waals surface area contributed by atoms with Crippen LogP contribution < -0.4 is 14.8 Å². The minimum atomic E-state index is -5.09. The molecular formula is C21H23F3N4O5. The molecule has 2 aliphatic heterocycles. The summed E-state index contributed by atoms with van der Waals surface area (Å²) in [5.41, 5.74) is -2.87. The van der Waals surface area contributed by atoms with Crippen molar-refractivity contribution in [2.45, 2.75) is 31.0 Å². The largest absolute Gasteiger partial charge is 0.454 e. The number of aliphatic hydroxyl groups is 1. The van der Waals surface area contributed by atoms with Gasteiger partial charge in [-0.1, -0.05) is 0 Å². The van der Waals surface area contributed by atoms with Crippen LogP contribution in [-0.4, -0.2) is 57.4 Å². The zero-order valence-corrected chi connectivity index (χ0v) is 17.8. The maximum atomic E-state index is 13.7. The van der Waals surface area contributed by atoms with E-state index in [0.717, 1.165) is 10.8 Å². The number of fused-ring (bicyclic) bond motifs is 1.